The fraction of sp³-hybridized carbons (Fsp3) is 0.375. The van der Waals surface area contributed by atoms with Gasteiger partial charge in [0.25, 0.3) is 0 Å². The molecule has 8 heteroatoms. The molecule has 1 heterocycles. The van der Waals surface area contributed by atoms with Gasteiger partial charge in [0, 0.05) is 24.5 Å². The average Bonchev–Trinajstić information content (AvgIpc) is 2.84. The summed E-state index contributed by atoms with van der Waals surface area (Å²) in [5, 5.41) is 12.9. The number of amides is 1. The molecule has 0 unspecified atom stereocenters. The van der Waals surface area contributed by atoms with Gasteiger partial charge in [-0.1, -0.05) is 25.0 Å². The maximum atomic E-state index is 11.0. The number of nitrogens with zero attached hydrogens (tertiary/aromatic N) is 3. The lowest BCUT2D eigenvalue weighted by Gasteiger charge is -2.21. The average molecular weight is 438 g/mol. The van der Waals surface area contributed by atoms with E-state index in [2.05, 4.69) is 10.2 Å². The van der Waals surface area contributed by atoms with Gasteiger partial charge < -0.3 is 15.0 Å². The molecule has 2 aromatic carbocycles. The number of benzene rings is 2. The maximum absolute atomic E-state index is 11.0. The van der Waals surface area contributed by atoms with E-state index in [4.69, 9.17) is 19.9 Å². The Kier molecular flexibility index (Phi) is 8.77. The van der Waals surface area contributed by atoms with Crippen LogP contribution in [0.15, 0.2) is 48.5 Å². The molecular weight excluding hydrogens is 406 g/mol. The van der Waals surface area contributed by atoms with Crippen LogP contribution in [0.2, 0.25) is 0 Å². The molecule has 0 saturated heterocycles. The summed E-state index contributed by atoms with van der Waals surface area (Å²) >= 11 is 0. The molecule has 0 bridgehead atoms. The van der Waals surface area contributed by atoms with E-state index in [1.165, 1.54) is 0 Å². The molecule has 3 aromatic rings. The number of carbonyl (C=O) groups is 1. The Morgan fingerprint density at radius 2 is 1.78 bits per heavy atom. The van der Waals surface area contributed by atoms with E-state index in [9.17, 15) is 4.79 Å². The van der Waals surface area contributed by atoms with Crippen molar-refractivity contribution in [3.8, 4) is 5.75 Å². The first-order valence-corrected chi connectivity index (χ1v) is 10.9. The predicted molar refractivity (Wildman–Crippen MR) is 125 cm³/mol. The molecule has 0 atom stereocenters. The monoisotopic (exact) mass is 437 g/mol. The topological polar surface area (TPSA) is 99.6 Å². The van der Waals surface area contributed by atoms with Crippen LogP contribution >= 0.6 is 0 Å². The number of hydrogen-bond donors (Lipinski definition) is 3. The van der Waals surface area contributed by atoms with Gasteiger partial charge >= 0.3 is 0 Å². The van der Waals surface area contributed by atoms with Gasteiger partial charge in [-0.15, -0.1) is 0 Å². The van der Waals surface area contributed by atoms with Gasteiger partial charge in [-0.05, 0) is 55.8 Å². The number of unbranched alkanes of at least 4 members (excludes halogenated alkanes) is 3. The first-order chi connectivity index (χ1) is 15.6. The summed E-state index contributed by atoms with van der Waals surface area (Å²) in [5.41, 5.74) is 3.59. The highest BCUT2D eigenvalue weighted by Crippen LogP contribution is 2.29. The summed E-state index contributed by atoms with van der Waals surface area (Å²) in [7, 11) is 3.66. The molecule has 32 heavy (non-hydrogen) atoms. The number of nitrogens with one attached hydrogen (secondary N) is 2. The Morgan fingerprint density at radius 1 is 1.03 bits per heavy atom. The fourth-order valence-electron chi connectivity index (χ4n) is 3.51. The SMILES string of the molecule is COc1ccc(N(C)c2nc(CNCCCCCCC(=O)NO)nc3ccccc23)cc1. The number of aromatic nitrogens is 2. The third-order valence-corrected chi connectivity index (χ3v) is 5.32. The number of hydrogen-bond acceptors (Lipinski definition) is 7. The van der Waals surface area contributed by atoms with Crippen LogP contribution in [0.5, 0.6) is 5.75 Å². The molecule has 170 valence electrons. The van der Waals surface area contributed by atoms with Crippen molar-refractivity contribution in [1.82, 2.24) is 20.8 Å². The first-order valence-electron chi connectivity index (χ1n) is 10.9. The Balaban J connectivity index is 1.61. The summed E-state index contributed by atoms with van der Waals surface area (Å²) in [6, 6.07) is 15.9. The minimum atomic E-state index is -0.327. The maximum Gasteiger partial charge on any atom is 0.243 e. The molecule has 0 radical (unpaired) electrons. The van der Waals surface area contributed by atoms with E-state index in [1.54, 1.807) is 12.6 Å². The summed E-state index contributed by atoms with van der Waals surface area (Å²) in [4.78, 5) is 22.6. The minimum absolute atomic E-state index is 0.327. The zero-order valence-electron chi connectivity index (χ0n) is 18.7. The van der Waals surface area contributed by atoms with Crippen molar-refractivity contribution in [2.75, 3.05) is 25.6 Å². The van der Waals surface area contributed by atoms with Gasteiger partial charge in [-0.3, -0.25) is 10.0 Å². The second kappa shape index (κ2) is 12.0. The molecule has 0 aliphatic carbocycles. The molecule has 8 nitrogen and oxygen atoms in total. The number of rotatable bonds is 12. The highest BCUT2D eigenvalue weighted by molar-refractivity contribution is 5.91. The molecule has 3 N–H and O–H groups in total. The van der Waals surface area contributed by atoms with Gasteiger partial charge in [0.1, 0.15) is 17.4 Å². The normalized spacial score (nSPS) is 10.8. The molecule has 0 spiro atoms. The van der Waals surface area contributed by atoms with Crippen LogP contribution < -0.4 is 20.4 Å². The third-order valence-electron chi connectivity index (χ3n) is 5.32. The third kappa shape index (κ3) is 6.38. The molecule has 0 saturated carbocycles. The number of anilines is 2. The van der Waals surface area contributed by atoms with E-state index < -0.39 is 0 Å². The molecule has 0 aliphatic heterocycles. The highest BCUT2D eigenvalue weighted by atomic mass is 16.5. The lowest BCUT2D eigenvalue weighted by molar-refractivity contribution is -0.129. The Bertz CT molecular complexity index is 1010. The van der Waals surface area contributed by atoms with Crippen LogP contribution in [-0.4, -0.2) is 41.8 Å². The second-order valence-corrected chi connectivity index (χ2v) is 7.61. The number of ether oxygens (including phenoxy) is 1. The van der Waals surface area contributed by atoms with Crippen molar-refractivity contribution < 1.29 is 14.7 Å². The Morgan fingerprint density at radius 3 is 2.53 bits per heavy atom. The van der Waals surface area contributed by atoms with Crippen molar-refractivity contribution in [2.45, 2.75) is 38.6 Å². The minimum Gasteiger partial charge on any atom is -0.497 e. The number of methoxy groups -OCH3 is 1. The van der Waals surface area contributed by atoms with Crippen molar-refractivity contribution in [3.63, 3.8) is 0 Å². The molecule has 1 amide bonds. The smallest absolute Gasteiger partial charge is 0.243 e. The molecular formula is C24H31N5O3. The summed E-state index contributed by atoms with van der Waals surface area (Å²) in [6.45, 7) is 1.44. The van der Waals surface area contributed by atoms with E-state index in [0.29, 0.717) is 13.0 Å². The van der Waals surface area contributed by atoms with Crippen LogP contribution in [0.1, 0.15) is 37.9 Å². The summed E-state index contributed by atoms with van der Waals surface area (Å²) in [5.74, 6) is 2.10. The van der Waals surface area contributed by atoms with Crippen molar-refractivity contribution in [3.05, 3.63) is 54.4 Å². The van der Waals surface area contributed by atoms with Crippen LogP contribution in [0.25, 0.3) is 10.9 Å². The van der Waals surface area contributed by atoms with Gasteiger partial charge in [0.2, 0.25) is 5.91 Å². The van der Waals surface area contributed by atoms with Crippen LogP contribution in [-0.2, 0) is 11.3 Å². The van der Waals surface area contributed by atoms with Crippen molar-refractivity contribution in [2.24, 2.45) is 0 Å². The van der Waals surface area contributed by atoms with Crippen LogP contribution in [0.3, 0.4) is 0 Å². The number of hydroxylamine groups is 1. The van der Waals surface area contributed by atoms with Gasteiger partial charge in [0.05, 0.1) is 19.2 Å². The number of fused-ring (bicyclic) bond motifs is 1. The highest BCUT2D eigenvalue weighted by Gasteiger charge is 2.13. The van der Waals surface area contributed by atoms with Crippen molar-refractivity contribution in [1.29, 1.82) is 0 Å². The van der Waals surface area contributed by atoms with Crippen molar-refractivity contribution >= 4 is 28.3 Å². The molecule has 1 aromatic heterocycles. The summed E-state index contributed by atoms with van der Waals surface area (Å²) < 4.78 is 5.27. The van der Waals surface area contributed by atoms with Gasteiger partial charge in [-0.25, -0.2) is 15.4 Å². The van der Waals surface area contributed by atoms with E-state index in [1.807, 2.05) is 55.6 Å². The largest absolute Gasteiger partial charge is 0.497 e. The fourth-order valence-corrected chi connectivity index (χ4v) is 3.51. The zero-order chi connectivity index (χ0) is 22.8. The summed E-state index contributed by atoms with van der Waals surface area (Å²) in [6.07, 6.45) is 4.13. The van der Waals surface area contributed by atoms with E-state index >= 15 is 0 Å². The van der Waals surface area contributed by atoms with Crippen LogP contribution in [0, 0.1) is 0 Å². The number of carbonyl (C=O) groups excluding carboxylic acids is 1. The number of para-hydroxylation sites is 1. The van der Waals surface area contributed by atoms with Gasteiger partial charge in [0.15, 0.2) is 0 Å². The Labute approximate surface area is 188 Å². The lowest BCUT2D eigenvalue weighted by Crippen LogP contribution is -2.19. The Hall–Kier alpha value is -3.23. The zero-order valence-corrected chi connectivity index (χ0v) is 18.7. The molecule has 0 fully saturated rings. The van der Waals surface area contributed by atoms with Crippen LogP contribution in [0.4, 0.5) is 11.5 Å². The standard InChI is InChI=1S/C24H31N5O3/c1-29(18-12-14-19(32-2)15-13-18)24-20-9-6-7-10-21(20)26-22(27-24)17-25-16-8-4-3-5-11-23(30)28-31/h6-7,9-10,12-15,25,31H,3-5,8,11,16-17H2,1-2H3,(H,28,30). The quantitative estimate of drug-likeness (QED) is 0.224. The molecule has 3 rings (SSSR count). The molecule has 0 aliphatic rings. The van der Waals surface area contributed by atoms with E-state index in [0.717, 1.165) is 66.2 Å². The first kappa shape index (κ1) is 23.4. The predicted octanol–water partition coefficient (Wildman–Crippen LogP) is 3.95. The van der Waals surface area contributed by atoms with Gasteiger partial charge in [-0.2, -0.15) is 0 Å². The second-order valence-electron chi connectivity index (χ2n) is 7.61. The van der Waals surface area contributed by atoms with E-state index in [-0.39, 0.29) is 5.91 Å². The lowest BCUT2D eigenvalue weighted by atomic mass is 10.1.